The molecule has 1 aliphatic carbocycles. The largest absolute Gasteiger partial charge is 0.315 e. The summed E-state index contributed by atoms with van der Waals surface area (Å²) < 4.78 is 0. The van der Waals surface area contributed by atoms with Gasteiger partial charge in [-0.15, -0.1) is 11.3 Å². The van der Waals surface area contributed by atoms with Crippen LogP contribution in [0.2, 0.25) is 0 Å². The standard InChI is InChI=1S/C11H18N2S/c1-7(2)11-13-10(8-4-5-8)9(14-11)6-12-3/h7-8,12H,4-6H2,1-3H3. The van der Waals surface area contributed by atoms with Crippen LogP contribution in [0.1, 0.15) is 54.1 Å². The Bertz CT molecular complexity index is 313. The summed E-state index contributed by atoms with van der Waals surface area (Å²) in [5.41, 5.74) is 1.38. The third kappa shape index (κ3) is 1.98. The summed E-state index contributed by atoms with van der Waals surface area (Å²) in [6.07, 6.45) is 2.69. The molecule has 1 fully saturated rings. The lowest BCUT2D eigenvalue weighted by Crippen LogP contribution is -2.05. The highest BCUT2D eigenvalue weighted by molar-refractivity contribution is 7.11. The number of nitrogens with zero attached hydrogens (tertiary/aromatic N) is 1. The van der Waals surface area contributed by atoms with Gasteiger partial charge in [-0.25, -0.2) is 4.98 Å². The first-order chi connectivity index (χ1) is 6.72. The maximum absolute atomic E-state index is 4.77. The Morgan fingerprint density at radius 3 is 2.71 bits per heavy atom. The van der Waals surface area contributed by atoms with Crippen molar-refractivity contribution < 1.29 is 0 Å². The molecule has 0 spiro atoms. The van der Waals surface area contributed by atoms with Crippen LogP contribution in [-0.4, -0.2) is 12.0 Å². The molecule has 0 amide bonds. The van der Waals surface area contributed by atoms with Gasteiger partial charge < -0.3 is 5.32 Å². The van der Waals surface area contributed by atoms with E-state index in [4.69, 9.17) is 4.98 Å². The van der Waals surface area contributed by atoms with Crippen molar-refractivity contribution in [3.05, 3.63) is 15.6 Å². The van der Waals surface area contributed by atoms with E-state index in [1.54, 1.807) is 0 Å². The second kappa shape index (κ2) is 3.99. The molecule has 0 aromatic carbocycles. The highest BCUT2D eigenvalue weighted by Gasteiger charge is 2.29. The molecule has 0 aliphatic heterocycles. The first kappa shape index (κ1) is 10.1. The molecule has 2 rings (SSSR count). The van der Waals surface area contributed by atoms with Crippen molar-refractivity contribution >= 4 is 11.3 Å². The Hall–Kier alpha value is -0.410. The number of aromatic nitrogens is 1. The van der Waals surface area contributed by atoms with Gasteiger partial charge in [0.2, 0.25) is 0 Å². The zero-order chi connectivity index (χ0) is 10.1. The van der Waals surface area contributed by atoms with Crippen molar-refractivity contribution in [2.24, 2.45) is 0 Å². The minimum Gasteiger partial charge on any atom is -0.315 e. The predicted molar refractivity (Wildman–Crippen MR) is 60.9 cm³/mol. The van der Waals surface area contributed by atoms with Crippen LogP contribution < -0.4 is 5.32 Å². The van der Waals surface area contributed by atoms with Gasteiger partial charge in [-0.2, -0.15) is 0 Å². The Balaban J connectivity index is 2.25. The maximum Gasteiger partial charge on any atom is 0.0957 e. The fourth-order valence-corrected chi connectivity index (χ4v) is 2.76. The zero-order valence-corrected chi connectivity index (χ0v) is 9.95. The summed E-state index contributed by atoms with van der Waals surface area (Å²) in [6.45, 7) is 5.42. The lowest BCUT2D eigenvalue weighted by atomic mass is 10.2. The molecule has 78 valence electrons. The smallest absolute Gasteiger partial charge is 0.0957 e. The molecular formula is C11H18N2S. The van der Waals surface area contributed by atoms with E-state index in [1.165, 1.54) is 28.4 Å². The van der Waals surface area contributed by atoms with Crippen molar-refractivity contribution in [3.8, 4) is 0 Å². The summed E-state index contributed by atoms with van der Waals surface area (Å²) >= 11 is 1.89. The van der Waals surface area contributed by atoms with E-state index in [1.807, 2.05) is 18.4 Å². The van der Waals surface area contributed by atoms with Crippen LogP contribution in [0.15, 0.2) is 0 Å². The van der Waals surface area contributed by atoms with Crippen LogP contribution >= 0.6 is 11.3 Å². The summed E-state index contributed by atoms with van der Waals surface area (Å²) in [7, 11) is 2.01. The van der Waals surface area contributed by atoms with E-state index < -0.39 is 0 Å². The number of rotatable bonds is 4. The van der Waals surface area contributed by atoms with Gasteiger partial charge in [-0.05, 0) is 19.9 Å². The summed E-state index contributed by atoms with van der Waals surface area (Å²) in [6, 6.07) is 0. The van der Waals surface area contributed by atoms with E-state index in [9.17, 15) is 0 Å². The fourth-order valence-electron chi connectivity index (χ4n) is 1.59. The molecule has 3 heteroatoms. The average molecular weight is 210 g/mol. The molecule has 1 aromatic heterocycles. The summed E-state index contributed by atoms with van der Waals surface area (Å²) in [5.74, 6) is 1.35. The quantitative estimate of drug-likeness (QED) is 0.826. The second-order valence-corrected chi connectivity index (χ2v) is 5.44. The van der Waals surface area contributed by atoms with Crippen molar-refractivity contribution in [3.63, 3.8) is 0 Å². The van der Waals surface area contributed by atoms with Crippen LogP contribution in [0.5, 0.6) is 0 Å². The molecule has 1 saturated carbocycles. The molecule has 1 N–H and O–H groups in total. The van der Waals surface area contributed by atoms with E-state index in [0.717, 1.165) is 12.5 Å². The van der Waals surface area contributed by atoms with Crippen molar-refractivity contribution in [1.82, 2.24) is 10.3 Å². The third-order valence-electron chi connectivity index (χ3n) is 2.54. The van der Waals surface area contributed by atoms with Gasteiger partial charge in [0.1, 0.15) is 0 Å². The Morgan fingerprint density at radius 1 is 1.50 bits per heavy atom. The van der Waals surface area contributed by atoms with Crippen LogP contribution in [0.4, 0.5) is 0 Å². The van der Waals surface area contributed by atoms with Crippen molar-refractivity contribution in [2.75, 3.05) is 7.05 Å². The Labute approximate surface area is 89.8 Å². The molecule has 0 atom stereocenters. The highest BCUT2D eigenvalue weighted by Crippen LogP contribution is 2.43. The number of hydrogen-bond acceptors (Lipinski definition) is 3. The lowest BCUT2D eigenvalue weighted by molar-refractivity contribution is 0.804. The first-order valence-electron chi connectivity index (χ1n) is 5.36. The van der Waals surface area contributed by atoms with Gasteiger partial charge >= 0.3 is 0 Å². The van der Waals surface area contributed by atoms with Crippen molar-refractivity contribution in [2.45, 2.75) is 45.1 Å². The van der Waals surface area contributed by atoms with Gasteiger partial charge in [0, 0.05) is 23.3 Å². The van der Waals surface area contributed by atoms with E-state index in [-0.39, 0.29) is 0 Å². The zero-order valence-electron chi connectivity index (χ0n) is 9.13. The topological polar surface area (TPSA) is 24.9 Å². The molecule has 0 saturated heterocycles. The van der Waals surface area contributed by atoms with Crippen molar-refractivity contribution in [1.29, 1.82) is 0 Å². The third-order valence-corrected chi connectivity index (χ3v) is 3.91. The predicted octanol–water partition coefficient (Wildman–Crippen LogP) is 2.86. The van der Waals surface area contributed by atoms with Crippen LogP contribution in [0, 0.1) is 0 Å². The fraction of sp³-hybridized carbons (Fsp3) is 0.727. The SMILES string of the molecule is CNCc1sc(C(C)C)nc1C1CC1. The molecule has 1 heterocycles. The van der Waals surface area contributed by atoms with E-state index >= 15 is 0 Å². The van der Waals surface area contributed by atoms with Gasteiger partial charge in [0.05, 0.1) is 10.7 Å². The van der Waals surface area contributed by atoms with Crippen LogP contribution in [-0.2, 0) is 6.54 Å². The molecule has 0 bridgehead atoms. The first-order valence-corrected chi connectivity index (χ1v) is 6.18. The van der Waals surface area contributed by atoms with Gasteiger partial charge in [-0.1, -0.05) is 13.8 Å². The van der Waals surface area contributed by atoms with Crippen LogP contribution in [0.3, 0.4) is 0 Å². The number of nitrogens with one attached hydrogen (secondary N) is 1. The van der Waals surface area contributed by atoms with E-state index in [0.29, 0.717) is 5.92 Å². The molecular weight excluding hydrogens is 192 g/mol. The number of thiazole rings is 1. The highest BCUT2D eigenvalue weighted by atomic mass is 32.1. The summed E-state index contributed by atoms with van der Waals surface area (Å²) in [5, 5.41) is 4.53. The molecule has 0 unspecified atom stereocenters. The second-order valence-electron chi connectivity index (χ2n) is 4.32. The average Bonchev–Trinajstić information content (AvgIpc) is 2.89. The molecule has 1 aliphatic rings. The number of hydrogen-bond donors (Lipinski definition) is 1. The molecule has 2 nitrogen and oxygen atoms in total. The summed E-state index contributed by atoms with van der Waals surface area (Å²) in [4.78, 5) is 6.23. The molecule has 1 aromatic rings. The van der Waals surface area contributed by atoms with Gasteiger partial charge in [0.15, 0.2) is 0 Å². The Morgan fingerprint density at radius 2 is 2.21 bits per heavy atom. The van der Waals surface area contributed by atoms with Gasteiger partial charge in [0.25, 0.3) is 0 Å². The maximum atomic E-state index is 4.77. The minimum atomic E-state index is 0.572. The van der Waals surface area contributed by atoms with E-state index in [2.05, 4.69) is 19.2 Å². The lowest BCUT2D eigenvalue weighted by Gasteiger charge is -1.97. The molecule has 0 radical (unpaired) electrons. The minimum absolute atomic E-state index is 0.572. The van der Waals surface area contributed by atoms with Crippen LogP contribution in [0.25, 0.3) is 0 Å². The molecule has 14 heavy (non-hydrogen) atoms. The monoisotopic (exact) mass is 210 g/mol. The van der Waals surface area contributed by atoms with Gasteiger partial charge in [-0.3, -0.25) is 0 Å². The normalized spacial score (nSPS) is 16.6. The Kier molecular flexibility index (Phi) is 2.88.